The number of unbranched alkanes of at least 4 members (excludes halogenated alkanes) is 18. The summed E-state index contributed by atoms with van der Waals surface area (Å²) in [5, 5.41) is 23.8. The fourth-order valence-electron chi connectivity index (χ4n) is 7.75. The first-order chi connectivity index (χ1) is 33.0. The summed E-state index contributed by atoms with van der Waals surface area (Å²) in [6.45, 7) is 6.24. The highest BCUT2D eigenvalue weighted by atomic mass is 16.5. The van der Waals surface area contributed by atoms with Crippen molar-refractivity contribution in [2.75, 3.05) is 6.61 Å². The molecule has 0 rings (SSSR count). The molecular formula is C61H103NO5. The van der Waals surface area contributed by atoms with Gasteiger partial charge in [-0.1, -0.05) is 233 Å². The fourth-order valence-corrected chi connectivity index (χ4v) is 7.75. The number of esters is 1. The predicted molar refractivity (Wildman–Crippen MR) is 291 cm³/mol. The molecule has 0 aliphatic carbocycles. The maximum absolute atomic E-state index is 13.2. The van der Waals surface area contributed by atoms with Crippen molar-refractivity contribution in [3.8, 4) is 0 Å². The van der Waals surface area contributed by atoms with E-state index in [1.165, 1.54) is 77.0 Å². The van der Waals surface area contributed by atoms with Crippen LogP contribution in [0.1, 0.15) is 239 Å². The minimum absolute atomic E-state index is 0.0200. The lowest BCUT2D eigenvalue weighted by atomic mass is 10.0. The average Bonchev–Trinajstić information content (AvgIpc) is 3.32. The van der Waals surface area contributed by atoms with Gasteiger partial charge in [0.2, 0.25) is 5.91 Å². The molecule has 0 saturated heterocycles. The third kappa shape index (κ3) is 48.8. The van der Waals surface area contributed by atoms with Crippen LogP contribution in [0.25, 0.3) is 0 Å². The Bertz CT molecular complexity index is 1370. The van der Waals surface area contributed by atoms with Gasteiger partial charge in [-0.3, -0.25) is 9.59 Å². The standard InChI is InChI=1S/C61H103NO5/c1-4-7-10-13-16-19-22-25-28-29-30-31-33-36-39-42-45-48-51-54-61(66)67-57(52-49-46-43-40-37-34-27-24-21-18-15-12-9-6-3)55-60(65)62-58(56-63)59(64)53-50-47-44-41-38-35-32-26-23-20-17-14-11-8-5-2/h7,9-10,12,16,18-19,21,25,27-28,30-31,34,36,39-40,43,57-59,63-64H,4-6,8,11,13-15,17,20,22-24,26,29,32-33,35,37-38,41-42,44-56H2,1-3H3,(H,62,65)/b10-7-,12-9+,19-16-,21-18+,28-25-,31-30-,34-27+,39-36-,43-40+. The maximum Gasteiger partial charge on any atom is 0.306 e. The molecule has 0 aromatic heterocycles. The SMILES string of the molecule is CC/C=C\C/C=C\C/C=C\C/C=C\C/C=C\CCCCCC(=O)OC(CCC/C=C/C/C=C/C/C=C/C/C=C/CC)CC(=O)NC(CO)C(O)CCCCCCCCCCCCCCCCC. The number of rotatable bonds is 48. The van der Waals surface area contributed by atoms with Crippen molar-refractivity contribution in [1.29, 1.82) is 0 Å². The van der Waals surface area contributed by atoms with Crippen LogP contribution in [0.15, 0.2) is 109 Å². The van der Waals surface area contributed by atoms with E-state index in [0.717, 1.165) is 116 Å². The Balaban J connectivity index is 4.70. The molecular weight excluding hydrogens is 827 g/mol. The molecule has 3 atom stereocenters. The number of nitrogens with one attached hydrogen (secondary N) is 1. The molecule has 0 radical (unpaired) electrons. The Morgan fingerprint density at radius 1 is 0.448 bits per heavy atom. The van der Waals surface area contributed by atoms with Crippen molar-refractivity contribution in [3.63, 3.8) is 0 Å². The minimum atomic E-state index is -0.815. The lowest BCUT2D eigenvalue weighted by Crippen LogP contribution is -2.46. The lowest BCUT2D eigenvalue weighted by molar-refractivity contribution is -0.151. The second-order valence-corrected chi connectivity index (χ2v) is 18.2. The van der Waals surface area contributed by atoms with Gasteiger partial charge in [-0.2, -0.15) is 0 Å². The van der Waals surface area contributed by atoms with E-state index in [1.54, 1.807) is 0 Å². The molecule has 3 N–H and O–H groups in total. The van der Waals surface area contributed by atoms with Crippen LogP contribution in [0.3, 0.4) is 0 Å². The van der Waals surface area contributed by atoms with E-state index in [0.29, 0.717) is 19.3 Å². The lowest BCUT2D eigenvalue weighted by Gasteiger charge is -2.24. The number of carbonyl (C=O) groups excluding carboxylic acids is 2. The number of ether oxygens (including phenoxy) is 1. The van der Waals surface area contributed by atoms with Gasteiger partial charge in [0.1, 0.15) is 6.10 Å². The van der Waals surface area contributed by atoms with Crippen molar-refractivity contribution >= 4 is 11.9 Å². The average molecular weight is 930 g/mol. The largest absolute Gasteiger partial charge is 0.462 e. The van der Waals surface area contributed by atoms with E-state index in [1.807, 2.05) is 0 Å². The summed E-state index contributed by atoms with van der Waals surface area (Å²) in [5.74, 6) is -0.573. The summed E-state index contributed by atoms with van der Waals surface area (Å²) in [5.41, 5.74) is 0. The van der Waals surface area contributed by atoms with Gasteiger partial charge < -0.3 is 20.3 Å². The Morgan fingerprint density at radius 3 is 1.24 bits per heavy atom. The van der Waals surface area contributed by atoms with Crippen molar-refractivity contribution in [2.45, 2.75) is 257 Å². The van der Waals surface area contributed by atoms with Crippen LogP contribution >= 0.6 is 0 Å². The number of allylic oxidation sites excluding steroid dienone is 18. The van der Waals surface area contributed by atoms with E-state index in [4.69, 9.17) is 4.74 Å². The Kier molecular flexibility index (Phi) is 50.7. The highest BCUT2D eigenvalue weighted by Crippen LogP contribution is 2.17. The number of aliphatic hydroxyl groups excluding tert-OH is 2. The van der Waals surface area contributed by atoms with E-state index in [9.17, 15) is 19.8 Å². The van der Waals surface area contributed by atoms with Crippen LogP contribution in [-0.2, 0) is 14.3 Å². The molecule has 6 heteroatoms. The van der Waals surface area contributed by atoms with Crippen LogP contribution in [0.2, 0.25) is 0 Å². The zero-order valence-corrected chi connectivity index (χ0v) is 43.5. The first kappa shape index (κ1) is 63.5. The topological polar surface area (TPSA) is 95.9 Å². The summed E-state index contributed by atoms with van der Waals surface area (Å²) in [6.07, 6.45) is 73.0. The first-order valence-corrected chi connectivity index (χ1v) is 27.6. The number of hydrogen-bond acceptors (Lipinski definition) is 5. The van der Waals surface area contributed by atoms with Gasteiger partial charge in [-0.05, 0) is 103 Å². The molecule has 0 spiro atoms. The summed E-state index contributed by atoms with van der Waals surface area (Å²) >= 11 is 0. The van der Waals surface area contributed by atoms with Crippen LogP contribution in [-0.4, -0.2) is 46.9 Å². The van der Waals surface area contributed by atoms with Gasteiger partial charge in [-0.25, -0.2) is 0 Å². The van der Waals surface area contributed by atoms with Crippen LogP contribution < -0.4 is 5.32 Å². The Labute approximate surface area is 413 Å². The van der Waals surface area contributed by atoms with Gasteiger partial charge in [0.15, 0.2) is 0 Å². The Morgan fingerprint density at radius 2 is 0.821 bits per heavy atom. The number of hydrogen-bond donors (Lipinski definition) is 3. The number of carbonyl (C=O) groups is 2. The molecule has 0 fully saturated rings. The minimum Gasteiger partial charge on any atom is -0.462 e. The maximum atomic E-state index is 13.2. The van der Waals surface area contributed by atoms with Crippen molar-refractivity contribution in [3.05, 3.63) is 109 Å². The van der Waals surface area contributed by atoms with Crippen LogP contribution in [0.4, 0.5) is 0 Å². The molecule has 0 bridgehead atoms. The third-order valence-corrected chi connectivity index (χ3v) is 11.8. The van der Waals surface area contributed by atoms with Gasteiger partial charge in [-0.15, -0.1) is 0 Å². The molecule has 3 unspecified atom stereocenters. The second kappa shape index (κ2) is 53.5. The Hall–Kier alpha value is -3.48. The van der Waals surface area contributed by atoms with Gasteiger partial charge in [0, 0.05) is 6.42 Å². The van der Waals surface area contributed by atoms with E-state index >= 15 is 0 Å². The molecule has 0 aliphatic heterocycles. The van der Waals surface area contributed by atoms with Crippen molar-refractivity contribution in [2.24, 2.45) is 0 Å². The van der Waals surface area contributed by atoms with E-state index in [-0.39, 0.29) is 24.9 Å². The number of aliphatic hydroxyl groups is 2. The molecule has 382 valence electrons. The summed E-state index contributed by atoms with van der Waals surface area (Å²) in [4.78, 5) is 26.2. The predicted octanol–water partition coefficient (Wildman–Crippen LogP) is 17.1. The highest BCUT2D eigenvalue weighted by Gasteiger charge is 2.24. The monoisotopic (exact) mass is 930 g/mol. The molecule has 0 aromatic carbocycles. The molecule has 0 aliphatic rings. The third-order valence-electron chi connectivity index (χ3n) is 11.8. The molecule has 6 nitrogen and oxygen atoms in total. The smallest absolute Gasteiger partial charge is 0.306 e. The molecule has 0 heterocycles. The first-order valence-electron chi connectivity index (χ1n) is 27.6. The summed E-state index contributed by atoms with van der Waals surface area (Å²) in [7, 11) is 0. The zero-order valence-electron chi connectivity index (χ0n) is 43.5. The molecule has 1 amide bonds. The van der Waals surface area contributed by atoms with E-state index < -0.39 is 18.2 Å². The molecule has 0 aromatic rings. The van der Waals surface area contributed by atoms with Crippen LogP contribution in [0, 0.1) is 0 Å². The highest BCUT2D eigenvalue weighted by molar-refractivity contribution is 5.77. The quantitative estimate of drug-likeness (QED) is 0.0321. The van der Waals surface area contributed by atoms with Gasteiger partial charge >= 0.3 is 5.97 Å². The summed E-state index contributed by atoms with van der Waals surface area (Å²) in [6, 6.07) is -0.733. The van der Waals surface area contributed by atoms with Crippen molar-refractivity contribution in [1.82, 2.24) is 5.32 Å². The van der Waals surface area contributed by atoms with E-state index in [2.05, 4.69) is 135 Å². The van der Waals surface area contributed by atoms with Crippen molar-refractivity contribution < 1.29 is 24.5 Å². The summed E-state index contributed by atoms with van der Waals surface area (Å²) < 4.78 is 5.90. The zero-order chi connectivity index (χ0) is 48.8. The van der Waals surface area contributed by atoms with Gasteiger partial charge in [0.25, 0.3) is 0 Å². The normalized spacial score (nSPS) is 14.0. The fraction of sp³-hybridized carbons (Fsp3) is 0.672. The van der Waals surface area contributed by atoms with Crippen LogP contribution in [0.5, 0.6) is 0 Å². The van der Waals surface area contributed by atoms with Gasteiger partial charge in [0.05, 0.1) is 25.2 Å². The second-order valence-electron chi connectivity index (χ2n) is 18.2. The molecule has 67 heavy (non-hydrogen) atoms. The molecule has 0 saturated carbocycles. The number of amides is 1.